The summed E-state index contributed by atoms with van der Waals surface area (Å²) in [4.78, 5) is 20.0. The molecule has 0 amide bonds. The Labute approximate surface area is 267 Å². The number of aromatic nitrogens is 4. The van der Waals surface area contributed by atoms with Crippen LogP contribution < -0.4 is 0 Å². The third kappa shape index (κ3) is 5.25. The molecular weight excluding hydrogens is 562 g/mol. The average Bonchev–Trinajstić information content (AvgIpc) is 3.14. The Bertz CT molecular complexity index is 2230. The Kier molecular flexibility index (Phi) is 7.52. The molecule has 0 unspecified atom stereocenters. The molecule has 7 rings (SSSR count). The molecule has 0 fully saturated rings. The van der Waals surface area contributed by atoms with E-state index in [1.54, 1.807) is 12.2 Å². The van der Waals surface area contributed by atoms with Gasteiger partial charge in [0.25, 0.3) is 0 Å². The molecule has 0 atom stereocenters. The molecule has 0 aliphatic heterocycles. The van der Waals surface area contributed by atoms with E-state index < -0.39 is 0 Å². The van der Waals surface area contributed by atoms with Crippen LogP contribution in [0.3, 0.4) is 0 Å². The number of benzene rings is 5. The summed E-state index contributed by atoms with van der Waals surface area (Å²) in [6.07, 6.45) is 3.38. The number of nitrogens with zero attached hydrogens (tertiary/aromatic N) is 5. The lowest BCUT2D eigenvalue weighted by atomic mass is 9.95. The molecule has 5 heteroatoms. The summed E-state index contributed by atoms with van der Waals surface area (Å²) in [6.45, 7) is 7.93. The highest BCUT2D eigenvalue weighted by atomic mass is 14.9. The number of rotatable bonds is 7. The van der Waals surface area contributed by atoms with Crippen molar-refractivity contribution >= 4 is 22.9 Å². The first-order chi connectivity index (χ1) is 22.7. The van der Waals surface area contributed by atoms with Crippen LogP contribution in [0.15, 0.2) is 141 Å². The van der Waals surface area contributed by atoms with E-state index in [0.29, 0.717) is 34.2 Å². The molecule has 0 saturated carbocycles. The second-order valence-electron chi connectivity index (χ2n) is 10.7. The van der Waals surface area contributed by atoms with E-state index in [2.05, 4.69) is 43.5 Å². The molecule has 2 aromatic heterocycles. The summed E-state index contributed by atoms with van der Waals surface area (Å²) >= 11 is 0. The van der Waals surface area contributed by atoms with Gasteiger partial charge in [0.05, 0.1) is 45.8 Å². The van der Waals surface area contributed by atoms with Crippen LogP contribution in [0.2, 0.25) is 0 Å². The molecule has 0 bridgehead atoms. The van der Waals surface area contributed by atoms with Crippen LogP contribution in [0.5, 0.6) is 0 Å². The number of hydrogen-bond acceptors (Lipinski definition) is 5. The first-order valence-electron chi connectivity index (χ1n) is 14.9. The topological polar surface area (TPSA) is 75.3 Å². The lowest BCUT2D eigenvalue weighted by Gasteiger charge is -2.15. The lowest BCUT2D eigenvalue weighted by molar-refractivity contribution is 1.17. The predicted octanol–water partition coefficient (Wildman–Crippen LogP) is 9.91. The highest BCUT2D eigenvalue weighted by molar-refractivity contribution is 6.01. The van der Waals surface area contributed by atoms with Gasteiger partial charge in [0.2, 0.25) is 0 Å². The molecule has 2 heterocycles. The van der Waals surface area contributed by atoms with Crippen molar-refractivity contribution < 1.29 is 0 Å². The van der Waals surface area contributed by atoms with Crippen molar-refractivity contribution in [3.63, 3.8) is 0 Å². The van der Waals surface area contributed by atoms with Crippen LogP contribution in [0, 0.1) is 11.3 Å². The summed E-state index contributed by atoms with van der Waals surface area (Å²) < 4.78 is 0. The molecule has 0 aliphatic rings. The normalized spacial score (nSPS) is 10.8. The van der Waals surface area contributed by atoms with E-state index in [9.17, 15) is 5.26 Å². The monoisotopic (exact) mass is 589 g/mol. The molecule has 0 radical (unpaired) electrons. The van der Waals surface area contributed by atoms with Crippen molar-refractivity contribution in [3.8, 4) is 62.5 Å². The number of hydrogen-bond donors (Lipinski definition) is 0. The van der Waals surface area contributed by atoms with E-state index in [1.807, 2.05) is 103 Å². The standard InChI is InChI=1S/C41H27N5/c1-3-35-36(4-2)44-40(34-20-12-18-32-31(26-42)17-11-19-33(32)34)39(43-35)29-21-23-30(24-22-29)41-45-37(27-13-7-5-8-14-27)25-38(46-41)28-15-9-6-10-16-28/h3-25H,1-2H2. The first kappa shape index (κ1) is 28.3. The van der Waals surface area contributed by atoms with Gasteiger partial charge in [0.15, 0.2) is 5.82 Å². The third-order valence-corrected chi connectivity index (χ3v) is 7.92. The highest BCUT2D eigenvalue weighted by Gasteiger charge is 2.18. The fraction of sp³-hybridized carbons (Fsp3) is 0. The van der Waals surface area contributed by atoms with Gasteiger partial charge in [0, 0.05) is 33.2 Å². The van der Waals surface area contributed by atoms with E-state index in [1.165, 1.54) is 0 Å². The van der Waals surface area contributed by atoms with Gasteiger partial charge in [-0.25, -0.2) is 19.9 Å². The molecule has 216 valence electrons. The van der Waals surface area contributed by atoms with Crippen LogP contribution in [0.1, 0.15) is 17.0 Å². The van der Waals surface area contributed by atoms with Crippen molar-refractivity contribution in [2.45, 2.75) is 0 Å². The Hall–Kier alpha value is -6.51. The summed E-state index contributed by atoms with van der Waals surface area (Å²) in [5.74, 6) is 0.630. The zero-order chi connectivity index (χ0) is 31.5. The summed E-state index contributed by atoms with van der Waals surface area (Å²) in [5, 5.41) is 11.5. The minimum absolute atomic E-state index is 0.609. The first-order valence-corrected chi connectivity index (χ1v) is 14.9. The van der Waals surface area contributed by atoms with Gasteiger partial charge in [-0.2, -0.15) is 5.26 Å². The number of nitriles is 1. The summed E-state index contributed by atoms with van der Waals surface area (Å²) in [7, 11) is 0. The quantitative estimate of drug-likeness (QED) is 0.185. The van der Waals surface area contributed by atoms with Crippen LogP contribution in [0.4, 0.5) is 0 Å². The minimum Gasteiger partial charge on any atom is -0.244 e. The molecule has 0 spiro atoms. The van der Waals surface area contributed by atoms with Gasteiger partial charge in [-0.3, -0.25) is 0 Å². The van der Waals surface area contributed by atoms with Crippen molar-refractivity contribution in [1.29, 1.82) is 5.26 Å². The molecule has 46 heavy (non-hydrogen) atoms. The predicted molar refractivity (Wildman–Crippen MR) is 187 cm³/mol. The Balaban J connectivity index is 1.38. The molecule has 5 nitrogen and oxygen atoms in total. The second-order valence-corrected chi connectivity index (χ2v) is 10.7. The van der Waals surface area contributed by atoms with Crippen LogP contribution >= 0.6 is 0 Å². The zero-order valence-corrected chi connectivity index (χ0v) is 24.9. The average molecular weight is 590 g/mol. The largest absolute Gasteiger partial charge is 0.244 e. The van der Waals surface area contributed by atoms with E-state index in [-0.39, 0.29) is 0 Å². The fourth-order valence-electron chi connectivity index (χ4n) is 5.63. The van der Waals surface area contributed by atoms with E-state index in [4.69, 9.17) is 19.9 Å². The maximum atomic E-state index is 9.75. The second kappa shape index (κ2) is 12.2. The Morgan fingerprint density at radius 1 is 0.500 bits per heavy atom. The van der Waals surface area contributed by atoms with E-state index in [0.717, 1.165) is 50.0 Å². The molecule has 0 saturated heterocycles. The maximum absolute atomic E-state index is 9.75. The SMILES string of the molecule is C=Cc1nc(-c2ccc(-c3nc(-c4ccccc4)cc(-c4ccccc4)n3)cc2)c(-c2cccc3c(C#N)cccc23)nc1C=C. The van der Waals surface area contributed by atoms with Crippen molar-refractivity contribution in [2.24, 2.45) is 0 Å². The molecule has 5 aromatic carbocycles. The number of fused-ring (bicyclic) bond motifs is 1. The van der Waals surface area contributed by atoms with Gasteiger partial charge in [-0.05, 0) is 29.7 Å². The Morgan fingerprint density at radius 2 is 1.04 bits per heavy atom. The summed E-state index contributed by atoms with van der Waals surface area (Å²) in [6, 6.07) is 44.4. The molecule has 0 N–H and O–H groups in total. The fourth-order valence-corrected chi connectivity index (χ4v) is 5.63. The molecular formula is C41H27N5. The van der Waals surface area contributed by atoms with Crippen molar-refractivity contribution in [1.82, 2.24) is 19.9 Å². The van der Waals surface area contributed by atoms with Crippen LogP contribution in [-0.4, -0.2) is 19.9 Å². The maximum Gasteiger partial charge on any atom is 0.160 e. The van der Waals surface area contributed by atoms with Gasteiger partial charge >= 0.3 is 0 Å². The summed E-state index contributed by atoms with van der Waals surface area (Å²) in [5.41, 5.74) is 9.67. The van der Waals surface area contributed by atoms with Gasteiger partial charge < -0.3 is 0 Å². The van der Waals surface area contributed by atoms with Crippen molar-refractivity contribution in [3.05, 3.63) is 158 Å². The van der Waals surface area contributed by atoms with Crippen molar-refractivity contribution in [2.75, 3.05) is 0 Å². The highest BCUT2D eigenvalue weighted by Crippen LogP contribution is 2.37. The lowest BCUT2D eigenvalue weighted by Crippen LogP contribution is -2.01. The smallest absolute Gasteiger partial charge is 0.160 e. The molecule has 0 aliphatic carbocycles. The van der Waals surface area contributed by atoms with Gasteiger partial charge in [-0.1, -0.05) is 128 Å². The minimum atomic E-state index is 0.609. The van der Waals surface area contributed by atoms with Gasteiger partial charge in [-0.15, -0.1) is 0 Å². The molecule has 7 aromatic rings. The van der Waals surface area contributed by atoms with Crippen LogP contribution in [-0.2, 0) is 0 Å². The van der Waals surface area contributed by atoms with E-state index >= 15 is 0 Å². The van der Waals surface area contributed by atoms with Crippen LogP contribution in [0.25, 0.3) is 79.3 Å². The zero-order valence-electron chi connectivity index (χ0n) is 24.9. The third-order valence-electron chi connectivity index (χ3n) is 7.92. The Morgan fingerprint density at radius 3 is 1.63 bits per heavy atom. The van der Waals surface area contributed by atoms with Gasteiger partial charge in [0.1, 0.15) is 0 Å².